The minimum atomic E-state index is -0.941. The second-order valence-corrected chi connectivity index (χ2v) is 11.4. The van der Waals surface area contributed by atoms with E-state index in [9.17, 15) is 14.7 Å². The topological polar surface area (TPSA) is 117 Å². The molecule has 0 fully saturated rings. The van der Waals surface area contributed by atoms with E-state index in [1.54, 1.807) is 24.8 Å². The maximum Gasteiger partial charge on any atom is 0.251 e. The first-order chi connectivity index (χ1) is 17.4. The first-order valence-electron chi connectivity index (χ1n) is 13.0. The number of aliphatic imine (C=N–C) groups is 1. The van der Waals surface area contributed by atoms with Gasteiger partial charge in [-0.3, -0.25) is 14.5 Å². The van der Waals surface area contributed by atoms with Gasteiger partial charge in [0.05, 0.1) is 24.0 Å². The number of carbonyl (C=O) groups excluding carboxylic acids is 2. The Labute approximate surface area is 217 Å². The lowest BCUT2D eigenvalue weighted by molar-refractivity contribution is -0.132. The third-order valence-corrected chi connectivity index (χ3v) is 8.22. The van der Waals surface area contributed by atoms with Crippen molar-refractivity contribution in [3.05, 3.63) is 64.7 Å². The van der Waals surface area contributed by atoms with Gasteiger partial charge >= 0.3 is 0 Å². The van der Waals surface area contributed by atoms with Gasteiger partial charge in [-0.2, -0.15) is 0 Å². The Hall–Kier alpha value is -3.39. The van der Waals surface area contributed by atoms with E-state index < -0.39 is 23.3 Å². The monoisotopic (exact) mass is 504 g/mol. The van der Waals surface area contributed by atoms with Crippen LogP contribution in [0.3, 0.4) is 0 Å². The lowest BCUT2D eigenvalue weighted by Gasteiger charge is -2.42. The van der Waals surface area contributed by atoms with Crippen molar-refractivity contribution in [2.75, 3.05) is 0 Å². The molecule has 0 saturated carbocycles. The van der Waals surface area contributed by atoms with Crippen molar-refractivity contribution in [1.29, 1.82) is 0 Å². The minimum Gasteiger partial charge on any atom is -0.485 e. The van der Waals surface area contributed by atoms with Gasteiger partial charge in [-0.1, -0.05) is 38.1 Å². The standard InChI is InChI=1S/C29H36N4O4/c1-6-29(5)15-22(34)33(27(30)32-29)24-16(2)13-17-11-12-18(14-20(17)24)26(36)31-23-19-9-7-8-10-21(19)37-28(3,4)25(23)35/h7-12,14,16,23-25,35H,6,13,15H2,1-5H3,(H2,30,32)(H,31,36)/t16-,23?,24-,25+,29-/m1/s1. The Bertz CT molecular complexity index is 1290. The highest BCUT2D eigenvalue weighted by molar-refractivity contribution is 6.00. The van der Waals surface area contributed by atoms with Crippen LogP contribution in [0.5, 0.6) is 5.75 Å². The Morgan fingerprint density at radius 3 is 2.65 bits per heavy atom. The molecule has 0 saturated heterocycles. The summed E-state index contributed by atoms with van der Waals surface area (Å²) in [5.41, 5.74) is 8.21. The molecule has 2 heterocycles. The number of nitrogens with one attached hydrogen (secondary N) is 1. The molecule has 1 unspecified atom stereocenters. The van der Waals surface area contributed by atoms with Gasteiger partial charge < -0.3 is 20.9 Å². The van der Waals surface area contributed by atoms with Crippen molar-refractivity contribution in [2.45, 2.75) is 83.2 Å². The molecule has 0 bridgehead atoms. The molecule has 1 aliphatic carbocycles. The number of aliphatic hydroxyl groups is 1. The number of nitrogens with zero attached hydrogens (tertiary/aromatic N) is 2. The lowest BCUT2D eigenvalue weighted by Crippen LogP contribution is -2.53. The highest BCUT2D eigenvalue weighted by Crippen LogP contribution is 2.43. The lowest BCUT2D eigenvalue weighted by atomic mass is 9.86. The van der Waals surface area contributed by atoms with Crippen LogP contribution >= 0.6 is 0 Å². The smallest absolute Gasteiger partial charge is 0.251 e. The van der Waals surface area contributed by atoms with Crippen LogP contribution in [0.1, 0.15) is 86.6 Å². The van der Waals surface area contributed by atoms with Crippen molar-refractivity contribution in [2.24, 2.45) is 16.6 Å². The van der Waals surface area contributed by atoms with Crippen LogP contribution in [0.15, 0.2) is 47.5 Å². The van der Waals surface area contributed by atoms with Crippen LogP contribution < -0.4 is 15.8 Å². The first kappa shape index (κ1) is 25.3. The number of aliphatic hydroxyl groups excluding tert-OH is 1. The van der Waals surface area contributed by atoms with Gasteiger partial charge in [0.15, 0.2) is 5.96 Å². The van der Waals surface area contributed by atoms with Crippen LogP contribution in [-0.4, -0.2) is 45.0 Å². The molecule has 2 aliphatic heterocycles. The van der Waals surface area contributed by atoms with Gasteiger partial charge in [-0.25, -0.2) is 4.99 Å². The van der Waals surface area contributed by atoms with Crippen LogP contribution in [0.2, 0.25) is 0 Å². The number of para-hydroxylation sites is 1. The molecule has 2 amide bonds. The number of nitrogens with two attached hydrogens (primary N) is 1. The van der Waals surface area contributed by atoms with Gasteiger partial charge in [-0.05, 0) is 68.9 Å². The van der Waals surface area contributed by atoms with E-state index in [1.807, 2.05) is 50.2 Å². The van der Waals surface area contributed by atoms with Crippen LogP contribution in [0.4, 0.5) is 0 Å². The van der Waals surface area contributed by atoms with Crippen molar-refractivity contribution in [1.82, 2.24) is 10.2 Å². The van der Waals surface area contributed by atoms with E-state index >= 15 is 0 Å². The van der Waals surface area contributed by atoms with Gasteiger partial charge in [0.1, 0.15) is 17.5 Å². The minimum absolute atomic E-state index is 0.0411. The van der Waals surface area contributed by atoms with E-state index in [4.69, 9.17) is 10.5 Å². The molecular weight excluding hydrogens is 468 g/mol. The quantitative estimate of drug-likeness (QED) is 0.588. The average molecular weight is 505 g/mol. The number of fused-ring (bicyclic) bond motifs is 2. The van der Waals surface area contributed by atoms with Crippen molar-refractivity contribution in [3.63, 3.8) is 0 Å². The Balaban J connectivity index is 1.46. The molecule has 2 aromatic carbocycles. The highest BCUT2D eigenvalue weighted by Gasteiger charge is 2.45. The second kappa shape index (κ2) is 8.87. The summed E-state index contributed by atoms with van der Waals surface area (Å²) in [6.45, 7) is 9.66. The van der Waals surface area contributed by atoms with Gasteiger partial charge in [-0.15, -0.1) is 0 Å². The maximum absolute atomic E-state index is 13.5. The molecule has 0 aromatic heterocycles. The number of ether oxygens (including phenoxy) is 1. The number of hydrogen-bond acceptors (Lipinski definition) is 6. The van der Waals surface area contributed by atoms with Crippen molar-refractivity contribution >= 4 is 17.8 Å². The fourth-order valence-corrected chi connectivity index (χ4v) is 5.89. The number of amides is 2. The zero-order valence-corrected chi connectivity index (χ0v) is 22.1. The predicted octanol–water partition coefficient (Wildman–Crippen LogP) is 3.64. The Morgan fingerprint density at radius 1 is 1.22 bits per heavy atom. The Morgan fingerprint density at radius 2 is 1.95 bits per heavy atom. The summed E-state index contributed by atoms with van der Waals surface area (Å²) in [6, 6.07) is 12.1. The normalized spacial score (nSPS) is 30.2. The third kappa shape index (κ3) is 4.27. The molecular formula is C29H36N4O4. The molecule has 0 spiro atoms. The number of benzene rings is 2. The number of rotatable bonds is 4. The zero-order valence-electron chi connectivity index (χ0n) is 22.1. The SMILES string of the molecule is CC[C@]1(C)CC(=O)N([C@H]2c3cc(C(=O)NC4c5ccccc5OC(C)(C)[C@H]4O)ccc3C[C@H]2C)C(N)=N1. The Kier molecular flexibility index (Phi) is 6.06. The summed E-state index contributed by atoms with van der Waals surface area (Å²) in [5.74, 6) is 0.665. The zero-order chi connectivity index (χ0) is 26.7. The van der Waals surface area contributed by atoms with Crippen LogP contribution in [-0.2, 0) is 11.2 Å². The van der Waals surface area contributed by atoms with E-state index in [2.05, 4.69) is 17.2 Å². The van der Waals surface area contributed by atoms with E-state index in [0.717, 1.165) is 29.5 Å². The molecule has 2 aromatic rings. The molecule has 37 heavy (non-hydrogen) atoms. The summed E-state index contributed by atoms with van der Waals surface area (Å²) in [4.78, 5) is 33.1. The summed E-state index contributed by atoms with van der Waals surface area (Å²) in [5, 5.41) is 14.1. The molecule has 5 rings (SSSR count). The summed E-state index contributed by atoms with van der Waals surface area (Å²) < 4.78 is 5.98. The van der Waals surface area contributed by atoms with Gasteiger partial charge in [0.25, 0.3) is 5.91 Å². The van der Waals surface area contributed by atoms with Gasteiger partial charge in [0, 0.05) is 11.1 Å². The van der Waals surface area contributed by atoms with Crippen molar-refractivity contribution < 1.29 is 19.4 Å². The highest BCUT2D eigenvalue weighted by atomic mass is 16.5. The average Bonchev–Trinajstić information content (AvgIpc) is 3.16. The number of carbonyl (C=O) groups is 2. The van der Waals surface area contributed by atoms with E-state index in [1.165, 1.54) is 0 Å². The molecule has 8 nitrogen and oxygen atoms in total. The largest absolute Gasteiger partial charge is 0.485 e. The summed E-state index contributed by atoms with van der Waals surface area (Å²) in [6.07, 6.45) is 0.875. The molecule has 8 heteroatoms. The molecule has 4 N–H and O–H groups in total. The van der Waals surface area contributed by atoms with Crippen LogP contribution in [0.25, 0.3) is 0 Å². The van der Waals surface area contributed by atoms with Crippen molar-refractivity contribution in [3.8, 4) is 5.75 Å². The van der Waals surface area contributed by atoms with Gasteiger partial charge in [0.2, 0.25) is 5.91 Å². The van der Waals surface area contributed by atoms with Crippen LogP contribution in [0, 0.1) is 5.92 Å². The molecule has 0 radical (unpaired) electrons. The molecule has 196 valence electrons. The molecule has 5 atom stereocenters. The first-order valence-corrected chi connectivity index (χ1v) is 13.0. The maximum atomic E-state index is 13.5. The second-order valence-electron chi connectivity index (χ2n) is 11.4. The predicted molar refractivity (Wildman–Crippen MR) is 141 cm³/mol. The fraction of sp³-hybridized carbons (Fsp3) is 0.483. The molecule has 3 aliphatic rings. The third-order valence-electron chi connectivity index (χ3n) is 8.22. The number of hydrogen-bond donors (Lipinski definition) is 3. The summed E-state index contributed by atoms with van der Waals surface area (Å²) >= 11 is 0. The van der Waals surface area contributed by atoms with E-state index in [0.29, 0.717) is 17.7 Å². The van der Waals surface area contributed by atoms with E-state index in [-0.39, 0.29) is 29.7 Å². The number of guanidine groups is 1. The summed E-state index contributed by atoms with van der Waals surface area (Å²) in [7, 11) is 0. The fourth-order valence-electron chi connectivity index (χ4n) is 5.89.